The topological polar surface area (TPSA) is 74.6 Å². The average Bonchev–Trinajstić information content (AvgIpc) is 2.35. The van der Waals surface area contributed by atoms with E-state index in [1.165, 1.54) is 24.6 Å². The van der Waals surface area contributed by atoms with E-state index in [1.807, 2.05) is 0 Å². The first-order valence-electron chi connectivity index (χ1n) is 6.50. The van der Waals surface area contributed by atoms with Crippen LogP contribution in [0.2, 0.25) is 0 Å². The van der Waals surface area contributed by atoms with E-state index >= 15 is 0 Å². The van der Waals surface area contributed by atoms with Gasteiger partial charge in [-0.05, 0) is 0 Å². The fourth-order valence-electron chi connectivity index (χ4n) is 2.15. The molecule has 1 rings (SSSR count). The molecule has 1 aromatic rings. The van der Waals surface area contributed by atoms with E-state index in [-0.39, 0.29) is 0 Å². The van der Waals surface area contributed by atoms with Crippen molar-refractivity contribution in [1.29, 1.82) is 0 Å². The summed E-state index contributed by atoms with van der Waals surface area (Å²) in [6.07, 6.45) is 5.65. The molecule has 0 saturated heterocycles. The molecule has 0 atom stereocenters. The average molecular weight is 308 g/mol. The van der Waals surface area contributed by atoms with E-state index in [0.29, 0.717) is 0 Å². The predicted molar refractivity (Wildman–Crippen MR) is 84.3 cm³/mol. The minimum absolute atomic E-state index is 0.958. The summed E-state index contributed by atoms with van der Waals surface area (Å²) in [5.41, 5.74) is 1.55. The third-order valence-electron chi connectivity index (χ3n) is 3.67. The van der Waals surface area contributed by atoms with Gasteiger partial charge in [0.1, 0.15) is 0 Å². The van der Waals surface area contributed by atoms with E-state index in [2.05, 4.69) is 51.1 Å². The third-order valence-corrected chi connectivity index (χ3v) is 9.33. The van der Waals surface area contributed by atoms with Crippen LogP contribution in [0, 0.1) is 0 Å². The molecule has 19 heavy (non-hydrogen) atoms. The van der Waals surface area contributed by atoms with Gasteiger partial charge in [-0.25, -0.2) is 0 Å². The molecule has 6 heteroatoms. The molecular weight excluding hydrogens is 283 g/mol. The summed E-state index contributed by atoms with van der Waals surface area (Å²) >= 11 is 0. The second-order valence-corrected chi connectivity index (χ2v) is 11.0. The summed E-state index contributed by atoms with van der Waals surface area (Å²) < 4.78 is 31.6. The third kappa shape index (κ3) is 9.11. The molecule has 1 aromatic carbocycles. The van der Waals surface area contributed by atoms with E-state index in [0.717, 1.165) is 0 Å². The molecule has 0 heterocycles. The monoisotopic (exact) mass is 308 g/mol. The van der Waals surface area contributed by atoms with E-state index in [1.54, 1.807) is 5.56 Å². The van der Waals surface area contributed by atoms with Gasteiger partial charge >= 0.3 is 99.0 Å². The fourth-order valence-corrected chi connectivity index (χ4v) is 5.51. The van der Waals surface area contributed by atoms with Crippen LogP contribution in [-0.2, 0) is 16.6 Å². The van der Waals surface area contributed by atoms with Crippen LogP contribution in [0.4, 0.5) is 0 Å². The van der Waals surface area contributed by atoms with Crippen molar-refractivity contribution in [3.63, 3.8) is 0 Å². The summed E-state index contributed by atoms with van der Waals surface area (Å²) in [7, 11) is -5.62. The number of hydrogen-bond donors (Lipinski definition) is 2. The molecule has 0 bridgehead atoms. The maximum absolute atomic E-state index is 8.74. The molecular formula is C13H25O4PS. The van der Waals surface area contributed by atoms with Gasteiger partial charge in [0.05, 0.1) is 0 Å². The molecule has 0 aliphatic rings. The van der Waals surface area contributed by atoms with Gasteiger partial charge in [0.15, 0.2) is 0 Å². The van der Waals surface area contributed by atoms with Gasteiger partial charge in [-0.3, -0.25) is 9.11 Å². The molecule has 0 radical (unpaired) electrons. The minimum Gasteiger partial charge on any atom is -0.264 e. The summed E-state index contributed by atoms with van der Waals surface area (Å²) in [4.78, 5) is 0. The molecule has 112 valence electrons. The molecule has 0 aromatic heterocycles. The first-order valence-corrected chi connectivity index (χ1v) is 10.7. The Morgan fingerprint density at radius 3 is 1.63 bits per heavy atom. The Morgan fingerprint density at radius 2 is 1.32 bits per heavy atom. The van der Waals surface area contributed by atoms with Crippen molar-refractivity contribution in [2.24, 2.45) is 0 Å². The molecule has 4 nitrogen and oxygen atoms in total. The maximum Gasteiger partial charge on any atom is 0.394 e. The van der Waals surface area contributed by atoms with Crippen LogP contribution in [0.25, 0.3) is 0 Å². The Hall–Kier alpha value is -0.480. The van der Waals surface area contributed by atoms with Crippen molar-refractivity contribution < 1.29 is 17.5 Å². The minimum atomic E-state index is -4.67. The zero-order valence-electron chi connectivity index (χ0n) is 11.8. The summed E-state index contributed by atoms with van der Waals surface area (Å²) in [5, 5.41) is 0. The van der Waals surface area contributed by atoms with Crippen molar-refractivity contribution in [1.82, 2.24) is 0 Å². The van der Waals surface area contributed by atoms with Crippen LogP contribution in [0.5, 0.6) is 0 Å². The van der Waals surface area contributed by atoms with Crippen molar-refractivity contribution in [3.05, 3.63) is 35.9 Å². The van der Waals surface area contributed by atoms with Crippen LogP contribution in [0.1, 0.15) is 26.3 Å². The normalized spacial score (nSPS) is 12.5. The standard InChI is InChI=1S/C13H23P.H2O4S/c1-4-14(5-2,6-3)12-13-10-8-7-9-11-13;1-5(2,3)4/h7-11,14H,4-6,12H2,1-3H3;(H2,1,2,3,4). The summed E-state index contributed by atoms with van der Waals surface area (Å²) in [6, 6.07) is 11.0. The molecule has 0 saturated carbocycles. The van der Waals surface area contributed by atoms with Crippen molar-refractivity contribution >= 4 is 17.7 Å². The van der Waals surface area contributed by atoms with E-state index in [9.17, 15) is 0 Å². The Morgan fingerprint density at radius 1 is 0.947 bits per heavy atom. The van der Waals surface area contributed by atoms with Crippen molar-refractivity contribution in [2.45, 2.75) is 26.9 Å². The Balaban J connectivity index is 0.000000555. The summed E-state index contributed by atoms with van der Waals surface area (Å²) in [5.74, 6) is 0. The number of hydrogen-bond acceptors (Lipinski definition) is 2. The predicted octanol–water partition coefficient (Wildman–Crippen LogP) is 3.34. The smallest absolute Gasteiger partial charge is 0.264 e. The SMILES string of the molecule is CC[PH](CC)(CC)Cc1ccccc1.O=S(=O)(O)O. The second-order valence-electron chi connectivity index (χ2n) is 4.67. The molecule has 0 spiro atoms. The van der Waals surface area contributed by atoms with Gasteiger partial charge < -0.3 is 0 Å². The van der Waals surface area contributed by atoms with Crippen molar-refractivity contribution in [2.75, 3.05) is 18.5 Å². The largest absolute Gasteiger partial charge is 0.394 e. The van der Waals surface area contributed by atoms with Crippen LogP contribution < -0.4 is 0 Å². The first kappa shape index (κ1) is 18.5. The Labute approximate surface area is 117 Å². The van der Waals surface area contributed by atoms with Crippen LogP contribution in [0.3, 0.4) is 0 Å². The first-order chi connectivity index (χ1) is 8.76. The Bertz CT molecular complexity index is 425. The fraction of sp³-hybridized carbons (Fsp3) is 0.538. The van der Waals surface area contributed by atoms with Crippen LogP contribution >= 0.6 is 7.26 Å². The van der Waals surface area contributed by atoms with E-state index < -0.39 is 17.7 Å². The molecule has 2 N–H and O–H groups in total. The second kappa shape index (κ2) is 8.64. The van der Waals surface area contributed by atoms with Gasteiger partial charge in [-0.1, -0.05) is 0 Å². The van der Waals surface area contributed by atoms with Crippen LogP contribution in [0.15, 0.2) is 30.3 Å². The molecule has 0 aliphatic carbocycles. The molecule has 0 fully saturated rings. The van der Waals surface area contributed by atoms with Gasteiger partial charge in [0, 0.05) is 0 Å². The quantitative estimate of drug-likeness (QED) is 0.646. The van der Waals surface area contributed by atoms with Crippen molar-refractivity contribution in [3.8, 4) is 0 Å². The zero-order valence-corrected chi connectivity index (χ0v) is 13.7. The van der Waals surface area contributed by atoms with Gasteiger partial charge in [0.2, 0.25) is 0 Å². The van der Waals surface area contributed by atoms with Gasteiger partial charge in [-0.2, -0.15) is 8.42 Å². The van der Waals surface area contributed by atoms with Gasteiger partial charge in [-0.15, -0.1) is 0 Å². The Kier molecular flexibility index (Phi) is 8.42. The zero-order chi connectivity index (χ0) is 14.9. The van der Waals surface area contributed by atoms with E-state index in [4.69, 9.17) is 17.5 Å². The maximum atomic E-state index is 8.74. The number of rotatable bonds is 5. The molecule has 0 aliphatic heterocycles. The van der Waals surface area contributed by atoms with Crippen LogP contribution in [-0.4, -0.2) is 36.0 Å². The molecule has 0 unspecified atom stereocenters. The molecule has 0 amide bonds. The van der Waals surface area contributed by atoms with Gasteiger partial charge in [0.25, 0.3) is 0 Å². The summed E-state index contributed by atoms with van der Waals surface area (Å²) in [6.45, 7) is 7.13. The number of benzene rings is 1.